The number of rotatable bonds is 18. The summed E-state index contributed by atoms with van der Waals surface area (Å²) >= 11 is 0. The summed E-state index contributed by atoms with van der Waals surface area (Å²) in [5.74, 6) is 1.48. The number of allylic oxidation sites excluding steroid dienone is 2. The van der Waals surface area contributed by atoms with Crippen molar-refractivity contribution in [3.8, 4) is 89.5 Å². The zero-order valence-electron chi connectivity index (χ0n) is 76.6. The Morgan fingerprint density at radius 3 is 0.564 bits per heavy atom. The first kappa shape index (κ1) is 82.5. The van der Waals surface area contributed by atoms with E-state index in [1.165, 1.54) is 156 Å². The number of hydrogen-bond donors (Lipinski definition) is 0. The van der Waals surface area contributed by atoms with Gasteiger partial charge in [0.15, 0.2) is 0 Å². The Hall–Kier alpha value is -18.2. The maximum Gasteiger partial charge on any atom is 0.258 e. The van der Waals surface area contributed by atoms with Crippen molar-refractivity contribution < 1.29 is 9.59 Å². The normalized spacial score (nSPS) is 14.4. The van der Waals surface area contributed by atoms with Crippen molar-refractivity contribution in [3.63, 3.8) is 0 Å². The molecule has 0 radical (unpaired) electrons. The van der Waals surface area contributed by atoms with Crippen LogP contribution in [0.3, 0.4) is 0 Å². The highest BCUT2D eigenvalue weighted by Crippen LogP contribution is 2.50. The van der Waals surface area contributed by atoms with Crippen LogP contribution in [0.15, 0.2) is 510 Å². The third kappa shape index (κ3) is 14.6. The first-order chi connectivity index (χ1) is 69.2. The number of benzene rings is 20. The number of aromatic nitrogens is 4. The number of carbonyl (C=O) groups excluding carboxylic acids is 2. The monoisotopic (exact) mass is 1790 g/mol. The Labute approximate surface area is 811 Å². The van der Waals surface area contributed by atoms with Gasteiger partial charge in [0.2, 0.25) is 0 Å². The maximum absolute atomic E-state index is 12.3. The Balaban J connectivity index is 0.000000144. The van der Waals surface area contributed by atoms with Gasteiger partial charge in [0.25, 0.3) is 11.8 Å². The number of fused-ring (bicyclic) bond motifs is 14. The topological polar surface area (TPSA) is 63.6 Å². The summed E-state index contributed by atoms with van der Waals surface area (Å²) in [6, 6.07) is 175. The van der Waals surface area contributed by atoms with Gasteiger partial charge < -0.3 is 28.1 Å². The zero-order chi connectivity index (χ0) is 92.8. The van der Waals surface area contributed by atoms with Crippen molar-refractivity contribution in [2.75, 3.05) is 14.7 Å². The standard InChI is InChI=1S/C67H49N3.C64H42N4O2/c1-5-13-64-59(9-1)60-10-2-6-14-65(60)69(64)57-39-29-50(30-40-57)48-25-35-55(36-26-48)68(54-33-23-47(24-34-54)46-19-21-52(22-20-46)63-44-45-17-18-53(63)43-45)56-37-27-49(28-38-56)51-31-41-58(42-32-51)70-66-15-7-3-11-61(66)62-12-4-8-16-67(62)70;69-63-41-42-64(70)68(63)54-39-27-48(28-40-54)45-21-33-51(34-22-45)65(49-29-17-43(18-30-49)46-23-35-52(36-24-46)66-59-13-5-1-9-55(59)56-10-2-6-14-60(56)66)50-31-19-44(20-32-50)47-25-37-53(38-26-47)67-61-15-7-3-11-57(61)58-12-4-8-16-62(58)67/h1-42,45,53,63H,43-44H2;1-42H. The largest absolute Gasteiger partial charge is 0.311 e. The molecule has 2 bridgehead atoms. The lowest BCUT2D eigenvalue weighted by Gasteiger charge is -2.26. The number of para-hydroxylation sites is 8. The third-order valence-corrected chi connectivity index (χ3v) is 29.1. The number of imide groups is 1. The molecule has 1 aliphatic heterocycles. The lowest BCUT2D eigenvalue weighted by atomic mass is 9.86. The molecule has 9 nitrogen and oxygen atoms in total. The van der Waals surface area contributed by atoms with E-state index in [0.29, 0.717) is 17.5 Å². The van der Waals surface area contributed by atoms with Crippen LogP contribution in [0.5, 0.6) is 0 Å². The molecule has 3 aliphatic rings. The average molecular weight is 1800 g/mol. The van der Waals surface area contributed by atoms with Crippen LogP contribution in [0.4, 0.5) is 39.8 Å². The van der Waals surface area contributed by atoms with Gasteiger partial charge in [-0.1, -0.05) is 315 Å². The molecule has 27 rings (SSSR count). The van der Waals surface area contributed by atoms with E-state index in [1.807, 2.05) is 24.3 Å². The van der Waals surface area contributed by atoms with Gasteiger partial charge >= 0.3 is 0 Å². The van der Waals surface area contributed by atoms with Gasteiger partial charge in [0.1, 0.15) is 0 Å². The molecule has 5 heterocycles. The van der Waals surface area contributed by atoms with Gasteiger partial charge in [-0.05, 0) is 285 Å². The summed E-state index contributed by atoms with van der Waals surface area (Å²) in [5, 5.41) is 10.1. The van der Waals surface area contributed by atoms with E-state index in [4.69, 9.17) is 0 Å². The van der Waals surface area contributed by atoms with Crippen LogP contribution >= 0.6 is 0 Å². The van der Waals surface area contributed by atoms with Crippen molar-refractivity contribution in [1.29, 1.82) is 0 Å². The fraction of sp³-hybridized carbons (Fsp3) is 0.0382. The molecule has 3 unspecified atom stereocenters. The molecule has 662 valence electrons. The first-order valence-electron chi connectivity index (χ1n) is 48.2. The summed E-state index contributed by atoms with van der Waals surface area (Å²) < 4.78 is 9.44. The fourth-order valence-electron chi connectivity index (χ4n) is 22.3. The van der Waals surface area contributed by atoms with E-state index in [0.717, 1.165) is 96.2 Å². The van der Waals surface area contributed by atoms with E-state index in [-0.39, 0.29) is 11.8 Å². The molecule has 2 amide bonds. The summed E-state index contributed by atoms with van der Waals surface area (Å²) in [4.78, 5) is 30.5. The maximum atomic E-state index is 12.3. The highest BCUT2D eigenvalue weighted by Gasteiger charge is 2.37. The lowest BCUT2D eigenvalue weighted by Crippen LogP contribution is -2.29. The van der Waals surface area contributed by atoms with Gasteiger partial charge in [0, 0.05) is 112 Å². The first-order valence-corrected chi connectivity index (χ1v) is 48.2. The molecule has 2 aliphatic carbocycles. The van der Waals surface area contributed by atoms with E-state index in [1.54, 1.807) is 0 Å². The molecule has 0 spiro atoms. The second-order valence-corrected chi connectivity index (χ2v) is 37.0. The van der Waals surface area contributed by atoms with E-state index >= 15 is 0 Å². The molecule has 0 N–H and O–H groups in total. The summed E-state index contributed by atoms with van der Waals surface area (Å²) in [6.07, 6.45) is 10.1. The van der Waals surface area contributed by atoms with E-state index in [9.17, 15) is 9.59 Å². The molecule has 24 aromatic rings. The van der Waals surface area contributed by atoms with Crippen LogP contribution in [0, 0.1) is 11.8 Å². The van der Waals surface area contributed by atoms with Crippen molar-refractivity contribution >= 4 is 139 Å². The van der Waals surface area contributed by atoms with Crippen LogP contribution in [0.25, 0.3) is 177 Å². The van der Waals surface area contributed by atoms with Crippen LogP contribution in [0.2, 0.25) is 0 Å². The second-order valence-electron chi connectivity index (χ2n) is 37.0. The van der Waals surface area contributed by atoms with E-state index < -0.39 is 0 Å². The van der Waals surface area contributed by atoms with Crippen LogP contribution in [0.1, 0.15) is 24.3 Å². The molecular formula is C131H91N7O2. The smallest absolute Gasteiger partial charge is 0.258 e. The van der Waals surface area contributed by atoms with E-state index in [2.05, 4.69) is 501 Å². The molecule has 140 heavy (non-hydrogen) atoms. The third-order valence-electron chi connectivity index (χ3n) is 29.1. The SMILES string of the molecule is C1=CC2CC1CC2c1ccc(-c2ccc(N(c3ccc(-c4ccc(-n5c6ccccc6c6ccccc65)cc4)cc3)c3ccc(-c4ccc(-n5c6ccccc6c6ccccc65)cc4)cc3)cc2)cc1.O=C1C=CC(=O)N1c1ccc(-c2ccc(N(c3ccc(-c4ccc(-n5c6ccccc6c6ccccc65)cc4)cc3)c3ccc(-c4ccc(-n5c6ccccc6c6ccccc65)cc4)cc3)cc2)cc1. The minimum absolute atomic E-state index is 0.329. The summed E-state index contributed by atoms with van der Waals surface area (Å²) in [6.45, 7) is 0. The lowest BCUT2D eigenvalue weighted by molar-refractivity contribution is -0.120. The van der Waals surface area contributed by atoms with Gasteiger partial charge in [0.05, 0.1) is 49.8 Å². The average Bonchev–Trinajstić information content (AvgIpc) is 1.60. The van der Waals surface area contributed by atoms with Crippen molar-refractivity contribution in [2.45, 2.75) is 18.8 Å². The second kappa shape index (κ2) is 34.6. The minimum atomic E-state index is -0.329. The van der Waals surface area contributed by atoms with Crippen molar-refractivity contribution in [1.82, 2.24) is 18.3 Å². The Bertz CT molecular complexity index is 8330. The number of anilines is 7. The Morgan fingerprint density at radius 2 is 0.371 bits per heavy atom. The molecule has 9 heteroatoms. The minimum Gasteiger partial charge on any atom is -0.311 e. The number of nitrogens with zero attached hydrogens (tertiary/aromatic N) is 7. The quantitative estimate of drug-likeness (QED) is 0.0634. The van der Waals surface area contributed by atoms with Gasteiger partial charge in [-0.15, -0.1) is 0 Å². The fourth-order valence-corrected chi connectivity index (χ4v) is 22.3. The number of hydrogen-bond acceptors (Lipinski definition) is 4. The molecule has 4 aromatic heterocycles. The van der Waals surface area contributed by atoms with Gasteiger partial charge in [-0.25, -0.2) is 4.90 Å². The van der Waals surface area contributed by atoms with Crippen LogP contribution < -0.4 is 14.7 Å². The molecule has 1 fully saturated rings. The highest BCUT2D eigenvalue weighted by molar-refractivity contribution is 6.28. The Kier molecular flexibility index (Phi) is 20.4. The number of amides is 2. The van der Waals surface area contributed by atoms with Crippen LogP contribution in [-0.2, 0) is 9.59 Å². The summed E-state index contributed by atoms with van der Waals surface area (Å²) in [7, 11) is 0. The zero-order valence-corrected chi connectivity index (χ0v) is 76.6. The Morgan fingerprint density at radius 1 is 0.186 bits per heavy atom. The molecule has 0 saturated heterocycles. The van der Waals surface area contributed by atoms with Crippen molar-refractivity contribution in [2.24, 2.45) is 11.8 Å². The van der Waals surface area contributed by atoms with Gasteiger partial charge in [-0.3, -0.25) is 9.59 Å². The summed E-state index contributed by atoms with van der Waals surface area (Å²) in [5.41, 5.74) is 36.4. The molecule has 20 aromatic carbocycles. The molecular weight excluding hydrogens is 1700 g/mol. The predicted octanol–water partition coefficient (Wildman–Crippen LogP) is 33.8. The number of carbonyl (C=O) groups is 2. The highest BCUT2D eigenvalue weighted by atomic mass is 16.2. The molecule has 3 atom stereocenters. The van der Waals surface area contributed by atoms with Gasteiger partial charge in [-0.2, -0.15) is 0 Å². The van der Waals surface area contributed by atoms with Crippen LogP contribution in [-0.4, -0.2) is 30.1 Å². The van der Waals surface area contributed by atoms with Crippen molar-refractivity contribution in [3.05, 3.63) is 515 Å². The predicted molar refractivity (Wildman–Crippen MR) is 582 cm³/mol. The molecule has 1 saturated carbocycles.